The van der Waals surface area contributed by atoms with Crippen LogP contribution in [0.5, 0.6) is 0 Å². The molecule has 0 radical (unpaired) electrons. The maximum absolute atomic E-state index is 6.26. The summed E-state index contributed by atoms with van der Waals surface area (Å²) in [5.74, 6) is 1.20. The highest BCUT2D eigenvalue weighted by molar-refractivity contribution is 4.87. The average Bonchev–Trinajstić information content (AvgIpc) is 2.78. The third-order valence-electron chi connectivity index (χ3n) is 3.28. The van der Waals surface area contributed by atoms with Gasteiger partial charge in [0, 0.05) is 12.0 Å². The molecule has 1 fully saturated rings. The van der Waals surface area contributed by atoms with Gasteiger partial charge in [0.1, 0.15) is 6.61 Å². The number of aryl methyl sites for hydroxylation is 1. The lowest BCUT2D eigenvalue weighted by Crippen LogP contribution is -2.46. The number of nitrogens with two attached hydrogens (primary N) is 1. The van der Waals surface area contributed by atoms with E-state index in [1.807, 2.05) is 6.92 Å². The Labute approximate surface area is 102 Å². The minimum atomic E-state index is -0.147. The zero-order valence-corrected chi connectivity index (χ0v) is 10.4. The fourth-order valence-corrected chi connectivity index (χ4v) is 2.23. The van der Waals surface area contributed by atoms with Crippen molar-refractivity contribution >= 4 is 0 Å². The normalized spacial score (nSPS) is 19.4. The van der Waals surface area contributed by atoms with Gasteiger partial charge in [0.05, 0.1) is 6.61 Å². The molecule has 0 unspecified atom stereocenters. The van der Waals surface area contributed by atoms with Gasteiger partial charge in [-0.25, -0.2) is 0 Å². The van der Waals surface area contributed by atoms with Crippen molar-refractivity contribution in [2.75, 3.05) is 6.61 Å². The van der Waals surface area contributed by atoms with E-state index in [0.29, 0.717) is 25.0 Å². The summed E-state index contributed by atoms with van der Waals surface area (Å²) >= 11 is 0. The van der Waals surface area contributed by atoms with E-state index in [4.69, 9.17) is 14.9 Å². The lowest BCUT2D eigenvalue weighted by Gasteiger charge is -2.32. The Morgan fingerprint density at radius 2 is 1.94 bits per heavy atom. The second kappa shape index (κ2) is 5.60. The molecule has 17 heavy (non-hydrogen) atoms. The summed E-state index contributed by atoms with van der Waals surface area (Å²) in [6.45, 7) is 2.93. The second-order valence-corrected chi connectivity index (χ2v) is 4.86. The predicted molar refractivity (Wildman–Crippen MR) is 63.3 cm³/mol. The monoisotopic (exact) mass is 239 g/mol. The molecule has 5 nitrogen and oxygen atoms in total. The topological polar surface area (TPSA) is 74.2 Å². The molecule has 1 heterocycles. The van der Waals surface area contributed by atoms with Gasteiger partial charge in [-0.1, -0.05) is 26.2 Å². The molecule has 0 aromatic carbocycles. The van der Waals surface area contributed by atoms with Gasteiger partial charge < -0.3 is 14.9 Å². The van der Waals surface area contributed by atoms with Crippen LogP contribution in [0.2, 0.25) is 0 Å². The van der Waals surface area contributed by atoms with Gasteiger partial charge in [0.15, 0.2) is 0 Å². The Hall–Kier alpha value is -0.940. The zero-order valence-electron chi connectivity index (χ0n) is 10.4. The molecule has 0 atom stereocenters. The summed E-state index contributed by atoms with van der Waals surface area (Å²) in [5.41, 5.74) is 6.12. The molecule has 1 aromatic heterocycles. The largest absolute Gasteiger partial charge is 0.423 e. The van der Waals surface area contributed by atoms with Crippen molar-refractivity contribution in [3.8, 4) is 0 Å². The zero-order chi connectivity index (χ0) is 12.1. The SMILES string of the molecule is CCc1nnc(COCC2(N)CCCCC2)o1. The van der Waals surface area contributed by atoms with Gasteiger partial charge in [0.2, 0.25) is 11.8 Å². The van der Waals surface area contributed by atoms with E-state index in [1.165, 1.54) is 19.3 Å². The number of hydrogen-bond acceptors (Lipinski definition) is 5. The molecule has 0 saturated heterocycles. The summed E-state index contributed by atoms with van der Waals surface area (Å²) in [7, 11) is 0. The Bertz CT molecular complexity index is 345. The number of hydrogen-bond donors (Lipinski definition) is 1. The highest BCUT2D eigenvalue weighted by Gasteiger charge is 2.27. The van der Waals surface area contributed by atoms with Crippen molar-refractivity contribution in [3.05, 3.63) is 11.8 Å². The molecule has 1 aliphatic carbocycles. The van der Waals surface area contributed by atoms with Gasteiger partial charge in [-0.3, -0.25) is 0 Å². The maximum Gasteiger partial charge on any atom is 0.242 e. The highest BCUT2D eigenvalue weighted by atomic mass is 16.5. The van der Waals surface area contributed by atoms with Crippen molar-refractivity contribution < 1.29 is 9.15 Å². The van der Waals surface area contributed by atoms with Crippen LogP contribution >= 0.6 is 0 Å². The van der Waals surface area contributed by atoms with E-state index in [9.17, 15) is 0 Å². The molecule has 5 heteroatoms. The summed E-state index contributed by atoms with van der Waals surface area (Å²) in [6, 6.07) is 0. The van der Waals surface area contributed by atoms with Crippen molar-refractivity contribution in [2.45, 2.75) is 57.6 Å². The molecule has 2 N–H and O–H groups in total. The molecular formula is C12H21N3O2. The Morgan fingerprint density at radius 1 is 1.24 bits per heavy atom. The first kappa shape index (κ1) is 12.5. The third-order valence-corrected chi connectivity index (χ3v) is 3.28. The van der Waals surface area contributed by atoms with Crippen LogP contribution in [0.4, 0.5) is 0 Å². The minimum absolute atomic E-state index is 0.147. The number of nitrogens with zero attached hydrogens (tertiary/aromatic N) is 2. The van der Waals surface area contributed by atoms with Gasteiger partial charge in [-0.05, 0) is 12.8 Å². The Balaban J connectivity index is 1.74. The molecule has 0 amide bonds. The van der Waals surface area contributed by atoms with Crippen molar-refractivity contribution in [1.82, 2.24) is 10.2 Å². The number of rotatable bonds is 5. The van der Waals surface area contributed by atoms with Crippen LogP contribution in [0, 0.1) is 0 Å². The molecule has 0 aliphatic heterocycles. The number of ether oxygens (including phenoxy) is 1. The minimum Gasteiger partial charge on any atom is -0.423 e. The van der Waals surface area contributed by atoms with Crippen molar-refractivity contribution in [1.29, 1.82) is 0 Å². The van der Waals surface area contributed by atoms with Crippen LogP contribution in [0.15, 0.2) is 4.42 Å². The molecule has 1 aromatic rings. The van der Waals surface area contributed by atoms with Crippen LogP contribution in [0.1, 0.15) is 50.8 Å². The molecular weight excluding hydrogens is 218 g/mol. The van der Waals surface area contributed by atoms with E-state index in [1.54, 1.807) is 0 Å². The summed E-state index contributed by atoms with van der Waals surface area (Å²) in [5, 5.41) is 7.80. The number of aromatic nitrogens is 2. The lowest BCUT2D eigenvalue weighted by molar-refractivity contribution is 0.0460. The predicted octanol–water partition coefficient (Wildman–Crippen LogP) is 1.81. The van der Waals surface area contributed by atoms with Crippen LogP contribution in [0.25, 0.3) is 0 Å². The van der Waals surface area contributed by atoms with E-state index in [2.05, 4.69) is 10.2 Å². The molecule has 0 spiro atoms. The van der Waals surface area contributed by atoms with E-state index >= 15 is 0 Å². The molecule has 1 aliphatic rings. The lowest BCUT2D eigenvalue weighted by atomic mass is 9.83. The summed E-state index contributed by atoms with van der Waals surface area (Å²) < 4.78 is 11.0. The maximum atomic E-state index is 6.26. The van der Waals surface area contributed by atoms with Gasteiger partial charge >= 0.3 is 0 Å². The average molecular weight is 239 g/mol. The van der Waals surface area contributed by atoms with Gasteiger partial charge in [-0.2, -0.15) is 0 Å². The van der Waals surface area contributed by atoms with Crippen LogP contribution in [-0.2, 0) is 17.8 Å². The first-order valence-electron chi connectivity index (χ1n) is 6.40. The Morgan fingerprint density at radius 3 is 2.59 bits per heavy atom. The fourth-order valence-electron chi connectivity index (χ4n) is 2.23. The van der Waals surface area contributed by atoms with E-state index in [-0.39, 0.29) is 5.54 Å². The fraction of sp³-hybridized carbons (Fsp3) is 0.833. The quantitative estimate of drug-likeness (QED) is 0.848. The van der Waals surface area contributed by atoms with E-state index < -0.39 is 0 Å². The summed E-state index contributed by atoms with van der Waals surface area (Å²) in [4.78, 5) is 0. The van der Waals surface area contributed by atoms with Crippen LogP contribution in [-0.4, -0.2) is 22.3 Å². The van der Waals surface area contributed by atoms with Gasteiger partial charge in [0.25, 0.3) is 0 Å². The molecule has 0 bridgehead atoms. The standard InChI is InChI=1S/C12H21N3O2/c1-2-10-14-15-11(17-10)8-16-9-12(13)6-4-3-5-7-12/h2-9,13H2,1H3. The Kier molecular flexibility index (Phi) is 4.12. The van der Waals surface area contributed by atoms with Crippen molar-refractivity contribution in [2.24, 2.45) is 5.73 Å². The first-order valence-corrected chi connectivity index (χ1v) is 6.40. The van der Waals surface area contributed by atoms with E-state index in [0.717, 1.165) is 19.3 Å². The molecule has 1 saturated carbocycles. The van der Waals surface area contributed by atoms with Crippen LogP contribution < -0.4 is 5.73 Å². The summed E-state index contributed by atoms with van der Waals surface area (Å²) in [6.07, 6.45) is 6.57. The van der Waals surface area contributed by atoms with Gasteiger partial charge in [-0.15, -0.1) is 10.2 Å². The highest BCUT2D eigenvalue weighted by Crippen LogP contribution is 2.26. The molecule has 96 valence electrons. The van der Waals surface area contributed by atoms with Crippen molar-refractivity contribution in [3.63, 3.8) is 0 Å². The smallest absolute Gasteiger partial charge is 0.242 e. The second-order valence-electron chi connectivity index (χ2n) is 4.86. The third kappa shape index (κ3) is 3.51. The first-order chi connectivity index (χ1) is 8.22. The molecule has 2 rings (SSSR count). The van der Waals surface area contributed by atoms with Crippen LogP contribution in [0.3, 0.4) is 0 Å².